The number of aromatic nitrogens is 2. The summed E-state index contributed by atoms with van der Waals surface area (Å²) in [5, 5.41) is 6.02. The van der Waals surface area contributed by atoms with Gasteiger partial charge in [0.1, 0.15) is 0 Å². The molecule has 0 atom stereocenters. The van der Waals surface area contributed by atoms with E-state index >= 15 is 0 Å². The lowest BCUT2D eigenvalue weighted by Gasteiger charge is -2.19. The number of hydrogen-bond donors (Lipinski definition) is 2. The molecule has 1 heterocycles. The smallest absolute Gasteiger partial charge is 0.340 e. The highest BCUT2D eigenvalue weighted by Crippen LogP contribution is 2.29. The maximum atomic E-state index is 13.0. The van der Waals surface area contributed by atoms with Crippen molar-refractivity contribution in [1.82, 2.24) is 9.55 Å². The van der Waals surface area contributed by atoms with E-state index in [1.807, 2.05) is 49.4 Å². The molecule has 2 N–H and O–H groups in total. The van der Waals surface area contributed by atoms with E-state index in [-0.39, 0.29) is 29.3 Å². The number of ether oxygens (including phenoxy) is 1. The third-order valence-corrected chi connectivity index (χ3v) is 6.62. The van der Waals surface area contributed by atoms with Crippen LogP contribution in [0.25, 0.3) is 11.3 Å². The van der Waals surface area contributed by atoms with Gasteiger partial charge in [0.25, 0.3) is 11.5 Å². The molecular formula is C32H34N4O4. The standard InChI is InChI=1S/C32H34N4O4/c1-7-40-31(39)24-11-8-9-13-26(24)33-28-30(38)36(6)19-27(34-28)23-12-10-14-25(20(23)2)35-29(37)21-15-17-22(18-16-21)32(3,4)5/h8-19H,7H2,1-6H3,(H,33,34)(H,35,37). The zero-order valence-electron chi connectivity index (χ0n) is 23.7. The van der Waals surface area contributed by atoms with Crippen molar-refractivity contribution in [2.24, 2.45) is 7.05 Å². The number of benzene rings is 3. The van der Waals surface area contributed by atoms with Crippen molar-refractivity contribution < 1.29 is 14.3 Å². The Morgan fingerprint density at radius 1 is 0.950 bits per heavy atom. The summed E-state index contributed by atoms with van der Waals surface area (Å²) in [6.07, 6.45) is 1.64. The summed E-state index contributed by atoms with van der Waals surface area (Å²) in [6, 6.07) is 19.9. The number of anilines is 3. The molecule has 3 aromatic carbocycles. The molecule has 4 rings (SSSR count). The fourth-order valence-electron chi connectivity index (χ4n) is 4.29. The Hall–Kier alpha value is -4.72. The van der Waals surface area contributed by atoms with Gasteiger partial charge in [-0.2, -0.15) is 0 Å². The van der Waals surface area contributed by atoms with Crippen molar-refractivity contribution in [3.63, 3.8) is 0 Å². The first-order chi connectivity index (χ1) is 19.0. The van der Waals surface area contributed by atoms with E-state index in [1.54, 1.807) is 44.4 Å². The van der Waals surface area contributed by atoms with Gasteiger partial charge in [-0.3, -0.25) is 9.59 Å². The van der Waals surface area contributed by atoms with Crippen molar-refractivity contribution in [2.75, 3.05) is 17.2 Å². The third kappa shape index (κ3) is 6.12. The lowest BCUT2D eigenvalue weighted by Crippen LogP contribution is -2.22. The highest BCUT2D eigenvalue weighted by atomic mass is 16.5. The fraction of sp³-hybridized carbons (Fsp3) is 0.250. The summed E-state index contributed by atoms with van der Waals surface area (Å²) in [7, 11) is 1.64. The fourth-order valence-corrected chi connectivity index (χ4v) is 4.29. The minimum absolute atomic E-state index is 0.00267. The van der Waals surface area contributed by atoms with Gasteiger partial charge in [0.15, 0.2) is 5.82 Å². The van der Waals surface area contributed by atoms with E-state index in [4.69, 9.17) is 4.74 Å². The second-order valence-corrected chi connectivity index (χ2v) is 10.5. The van der Waals surface area contributed by atoms with Crippen LogP contribution in [0, 0.1) is 6.92 Å². The Balaban J connectivity index is 1.65. The van der Waals surface area contributed by atoms with Crippen molar-refractivity contribution in [2.45, 2.75) is 40.0 Å². The van der Waals surface area contributed by atoms with Gasteiger partial charge in [-0.05, 0) is 60.7 Å². The van der Waals surface area contributed by atoms with E-state index in [0.717, 1.165) is 16.7 Å². The molecule has 0 unspecified atom stereocenters. The van der Waals surface area contributed by atoms with E-state index < -0.39 is 5.97 Å². The molecule has 206 valence electrons. The molecule has 0 radical (unpaired) electrons. The minimum Gasteiger partial charge on any atom is -0.462 e. The average molecular weight is 539 g/mol. The molecule has 0 aliphatic carbocycles. The topological polar surface area (TPSA) is 102 Å². The highest BCUT2D eigenvalue weighted by Gasteiger charge is 2.18. The SMILES string of the molecule is CCOC(=O)c1ccccc1Nc1nc(-c2cccc(NC(=O)c3ccc(C(C)(C)C)cc3)c2C)cn(C)c1=O. The van der Waals surface area contributed by atoms with Gasteiger partial charge in [-0.25, -0.2) is 9.78 Å². The summed E-state index contributed by atoms with van der Waals surface area (Å²) < 4.78 is 6.58. The number of hydrogen-bond acceptors (Lipinski definition) is 6. The van der Waals surface area contributed by atoms with Crippen LogP contribution in [0.3, 0.4) is 0 Å². The molecule has 0 aliphatic heterocycles. The Bertz CT molecular complexity index is 1620. The third-order valence-electron chi connectivity index (χ3n) is 6.62. The summed E-state index contributed by atoms with van der Waals surface area (Å²) >= 11 is 0. The van der Waals surface area contributed by atoms with Crippen molar-refractivity contribution in [1.29, 1.82) is 0 Å². The average Bonchev–Trinajstić information content (AvgIpc) is 2.92. The van der Waals surface area contributed by atoms with E-state index in [0.29, 0.717) is 28.2 Å². The number of rotatable bonds is 7. The van der Waals surface area contributed by atoms with Crippen molar-refractivity contribution in [3.8, 4) is 11.3 Å². The molecule has 1 amide bonds. The highest BCUT2D eigenvalue weighted by molar-refractivity contribution is 6.05. The van der Waals surface area contributed by atoms with Crippen LogP contribution in [0.15, 0.2) is 77.7 Å². The molecule has 40 heavy (non-hydrogen) atoms. The van der Waals surface area contributed by atoms with Gasteiger partial charge in [0.2, 0.25) is 0 Å². The molecule has 0 bridgehead atoms. The zero-order valence-corrected chi connectivity index (χ0v) is 23.7. The van der Waals surface area contributed by atoms with Crippen LogP contribution in [-0.4, -0.2) is 28.0 Å². The quantitative estimate of drug-likeness (QED) is 0.271. The predicted octanol–water partition coefficient (Wildman–Crippen LogP) is 6.23. The molecule has 8 heteroatoms. The maximum absolute atomic E-state index is 13.0. The molecule has 8 nitrogen and oxygen atoms in total. The van der Waals surface area contributed by atoms with Gasteiger partial charge in [-0.1, -0.05) is 57.2 Å². The Morgan fingerprint density at radius 3 is 2.30 bits per heavy atom. The van der Waals surface area contributed by atoms with Crippen molar-refractivity contribution in [3.05, 3.63) is 106 Å². The van der Waals surface area contributed by atoms with Crippen LogP contribution in [0.1, 0.15) is 59.5 Å². The largest absolute Gasteiger partial charge is 0.462 e. The van der Waals surface area contributed by atoms with Crippen LogP contribution >= 0.6 is 0 Å². The predicted molar refractivity (Wildman–Crippen MR) is 158 cm³/mol. The van der Waals surface area contributed by atoms with E-state index in [9.17, 15) is 14.4 Å². The monoisotopic (exact) mass is 538 g/mol. The van der Waals surface area contributed by atoms with Gasteiger partial charge in [-0.15, -0.1) is 0 Å². The first kappa shape index (κ1) is 28.3. The summed E-state index contributed by atoms with van der Waals surface area (Å²) in [5.74, 6) is -0.650. The normalized spacial score (nSPS) is 11.2. The lowest BCUT2D eigenvalue weighted by atomic mass is 9.86. The second-order valence-electron chi connectivity index (χ2n) is 10.5. The number of para-hydroxylation sites is 1. The number of esters is 1. The van der Waals surface area contributed by atoms with Gasteiger partial charge < -0.3 is 19.9 Å². The molecule has 0 saturated heterocycles. The first-order valence-corrected chi connectivity index (χ1v) is 13.1. The lowest BCUT2D eigenvalue weighted by molar-refractivity contribution is 0.0527. The summed E-state index contributed by atoms with van der Waals surface area (Å²) in [4.78, 5) is 43.0. The Kier molecular flexibility index (Phi) is 8.18. The summed E-state index contributed by atoms with van der Waals surface area (Å²) in [5.41, 5.74) is 4.78. The van der Waals surface area contributed by atoms with Crippen LogP contribution in [0.4, 0.5) is 17.2 Å². The van der Waals surface area contributed by atoms with Gasteiger partial charge in [0.05, 0.1) is 23.6 Å². The van der Waals surface area contributed by atoms with E-state index in [1.165, 1.54) is 4.57 Å². The van der Waals surface area contributed by atoms with E-state index in [2.05, 4.69) is 36.4 Å². The molecular weight excluding hydrogens is 504 g/mol. The second kappa shape index (κ2) is 11.6. The van der Waals surface area contributed by atoms with Crippen molar-refractivity contribution >= 4 is 29.1 Å². The molecule has 0 fully saturated rings. The number of nitrogens with zero attached hydrogens (tertiary/aromatic N) is 2. The Morgan fingerprint density at radius 2 is 1.62 bits per heavy atom. The number of carbonyl (C=O) groups excluding carboxylic acids is 2. The van der Waals surface area contributed by atoms with Crippen LogP contribution in [0.5, 0.6) is 0 Å². The molecule has 0 aliphatic rings. The molecule has 4 aromatic rings. The first-order valence-electron chi connectivity index (χ1n) is 13.1. The van der Waals surface area contributed by atoms with Crippen LogP contribution in [-0.2, 0) is 17.2 Å². The zero-order chi connectivity index (χ0) is 29.0. The molecule has 0 saturated carbocycles. The maximum Gasteiger partial charge on any atom is 0.340 e. The number of amides is 1. The number of nitrogens with one attached hydrogen (secondary N) is 2. The van der Waals surface area contributed by atoms with Gasteiger partial charge >= 0.3 is 5.97 Å². The number of aryl methyl sites for hydroxylation is 1. The summed E-state index contributed by atoms with van der Waals surface area (Å²) in [6.45, 7) is 10.2. The van der Waals surface area contributed by atoms with Crippen LogP contribution < -0.4 is 16.2 Å². The Labute approximate surface area is 234 Å². The molecule has 0 spiro atoms. The number of carbonyl (C=O) groups is 2. The van der Waals surface area contributed by atoms with Gasteiger partial charge in [0, 0.05) is 30.1 Å². The molecule has 1 aromatic heterocycles. The minimum atomic E-state index is -0.495. The van der Waals surface area contributed by atoms with Crippen LogP contribution in [0.2, 0.25) is 0 Å².